The predicted molar refractivity (Wildman–Crippen MR) is 122 cm³/mol. The molecule has 30 heavy (non-hydrogen) atoms. The molecule has 0 aliphatic carbocycles. The zero-order valence-electron chi connectivity index (χ0n) is 17.9. The monoisotopic (exact) mass is 432 g/mol. The van der Waals surface area contributed by atoms with Gasteiger partial charge in [-0.3, -0.25) is 9.59 Å². The SMILES string of the molecule is CN(C)CCCNC(=O)c1cc(NC(=O)COc2ccc(Cl)cc2)ccc1N(C)C. The number of nitrogens with one attached hydrogen (secondary N) is 2. The molecular formula is C22H29ClN4O3. The second kappa shape index (κ2) is 11.4. The van der Waals surface area contributed by atoms with E-state index in [1.165, 1.54) is 0 Å². The smallest absolute Gasteiger partial charge is 0.262 e. The summed E-state index contributed by atoms with van der Waals surface area (Å²) in [6.07, 6.45) is 0.856. The highest BCUT2D eigenvalue weighted by molar-refractivity contribution is 6.30. The topological polar surface area (TPSA) is 73.9 Å². The summed E-state index contributed by atoms with van der Waals surface area (Å²) in [6.45, 7) is 1.32. The maximum Gasteiger partial charge on any atom is 0.262 e. The molecule has 7 nitrogen and oxygen atoms in total. The molecule has 8 heteroatoms. The molecule has 162 valence electrons. The molecule has 0 saturated carbocycles. The van der Waals surface area contributed by atoms with Gasteiger partial charge in [0, 0.05) is 37.0 Å². The number of benzene rings is 2. The van der Waals surface area contributed by atoms with E-state index in [9.17, 15) is 9.59 Å². The molecule has 0 bridgehead atoms. The van der Waals surface area contributed by atoms with Crippen LogP contribution in [0.3, 0.4) is 0 Å². The summed E-state index contributed by atoms with van der Waals surface area (Å²) < 4.78 is 5.46. The van der Waals surface area contributed by atoms with Crippen molar-refractivity contribution in [2.45, 2.75) is 6.42 Å². The number of halogens is 1. The van der Waals surface area contributed by atoms with Gasteiger partial charge in [-0.2, -0.15) is 0 Å². The Labute approximate surface area is 182 Å². The van der Waals surface area contributed by atoms with E-state index in [4.69, 9.17) is 16.3 Å². The summed E-state index contributed by atoms with van der Waals surface area (Å²) in [5.41, 5.74) is 1.81. The quantitative estimate of drug-likeness (QED) is 0.564. The Morgan fingerprint density at radius 1 is 1.03 bits per heavy atom. The van der Waals surface area contributed by atoms with Gasteiger partial charge in [0.2, 0.25) is 0 Å². The van der Waals surface area contributed by atoms with E-state index in [0.29, 0.717) is 28.6 Å². The molecule has 0 atom stereocenters. The average Bonchev–Trinajstić information content (AvgIpc) is 2.70. The number of carbonyl (C=O) groups is 2. The van der Waals surface area contributed by atoms with Crippen molar-refractivity contribution < 1.29 is 14.3 Å². The Bertz CT molecular complexity index is 854. The normalized spacial score (nSPS) is 10.6. The summed E-state index contributed by atoms with van der Waals surface area (Å²) >= 11 is 5.84. The largest absolute Gasteiger partial charge is 0.484 e. The highest BCUT2D eigenvalue weighted by Crippen LogP contribution is 2.23. The minimum atomic E-state index is -0.320. The van der Waals surface area contributed by atoms with E-state index >= 15 is 0 Å². The second-order valence-corrected chi connectivity index (χ2v) is 7.77. The van der Waals surface area contributed by atoms with E-state index in [1.54, 1.807) is 36.4 Å². The van der Waals surface area contributed by atoms with Crippen LogP contribution in [0.25, 0.3) is 0 Å². The summed E-state index contributed by atoms with van der Waals surface area (Å²) in [4.78, 5) is 28.9. The van der Waals surface area contributed by atoms with E-state index < -0.39 is 0 Å². The molecule has 0 spiro atoms. The molecule has 0 aliphatic heterocycles. The van der Waals surface area contributed by atoms with Crippen LogP contribution < -0.4 is 20.3 Å². The van der Waals surface area contributed by atoms with Crippen molar-refractivity contribution in [3.8, 4) is 5.75 Å². The number of carbonyl (C=O) groups excluding carboxylic acids is 2. The fourth-order valence-electron chi connectivity index (χ4n) is 2.75. The fraction of sp³-hybridized carbons (Fsp3) is 0.364. The zero-order chi connectivity index (χ0) is 22.1. The Morgan fingerprint density at radius 2 is 1.73 bits per heavy atom. The van der Waals surface area contributed by atoms with Gasteiger partial charge < -0.3 is 25.2 Å². The third-order valence-electron chi connectivity index (χ3n) is 4.26. The van der Waals surface area contributed by atoms with E-state index in [-0.39, 0.29) is 18.4 Å². The molecule has 2 aromatic carbocycles. The van der Waals surface area contributed by atoms with Crippen LogP contribution in [-0.2, 0) is 4.79 Å². The van der Waals surface area contributed by atoms with E-state index in [0.717, 1.165) is 18.7 Å². The highest BCUT2D eigenvalue weighted by Gasteiger charge is 2.15. The lowest BCUT2D eigenvalue weighted by atomic mass is 10.1. The molecule has 0 fully saturated rings. The van der Waals surface area contributed by atoms with Crippen LogP contribution in [-0.4, -0.2) is 64.6 Å². The maximum atomic E-state index is 12.7. The molecule has 2 rings (SSSR count). The lowest BCUT2D eigenvalue weighted by molar-refractivity contribution is -0.118. The van der Waals surface area contributed by atoms with Crippen LogP contribution in [0.2, 0.25) is 5.02 Å². The number of ether oxygens (including phenoxy) is 1. The maximum absolute atomic E-state index is 12.7. The van der Waals surface area contributed by atoms with Gasteiger partial charge in [-0.05, 0) is 69.5 Å². The molecule has 2 N–H and O–H groups in total. The van der Waals surface area contributed by atoms with Crippen LogP contribution in [0, 0.1) is 0 Å². The Kier molecular flexibility index (Phi) is 8.95. The molecule has 0 saturated heterocycles. The summed E-state index contributed by atoms with van der Waals surface area (Å²) in [6, 6.07) is 12.0. The second-order valence-electron chi connectivity index (χ2n) is 7.33. The van der Waals surface area contributed by atoms with Crippen LogP contribution in [0.4, 0.5) is 11.4 Å². The molecule has 0 unspecified atom stereocenters. The average molecular weight is 433 g/mol. The number of hydrogen-bond acceptors (Lipinski definition) is 5. The van der Waals surface area contributed by atoms with Crippen LogP contribution >= 0.6 is 11.6 Å². The lowest BCUT2D eigenvalue weighted by Crippen LogP contribution is -2.29. The van der Waals surface area contributed by atoms with Gasteiger partial charge >= 0.3 is 0 Å². The van der Waals surface area contributed by atoms with Gasteiger partial charge in [0.25, 0.3) is 11.8 Å². The summed E-state index contributed by atoms with van der Waals surface area (Å²) in [5, 5.41) is 6.31. The van der Waals surface area contributed by atoms with Crippen molar-refractivity contribution in [1.29, 1.82) is 0 Å². The predicted octanol–water partition coefficient (Wildman–Crippen LogP) is 3.11. The standard InChI is InChI=1S/C22H29ClN4O3/c1-26(2)13-5-12-24-22(29)19-14-17(8-11-20(19)27(3)4)25-21(28)15-30-18-9-6-16(23)7-10-18/h6-11,14H,5,12-13,15H2,1-4H3,(H,24,29)(H,25,28). The number of rotatable bonds is 10. The number of anilines is 2. The van der Waals surface area contributed by atoms with Crippen molar-refractivity contribution >= 4 is 34.8 Å². The van der Waals surface area contributed by atoms with E-state index in [2.05, 4.69) is 15.5 Å². The van der Waals surface area contributed by atoms with Crippen LogP contribution in [0.15, 0.2) is 42.5 Å². The molecule has 0 aromatic heterocycles. The Morgan fingerprint density at radius 3 is 2.37 bits per heavy atom. The number of hydrogen-bond donors (Lipinski definition) is 2. The molecular weight excluding hydrogens is 404 g/mol. The minimum Gasteiger partial charge on any atom is -0.484 e. The minimum absolute atomic E-state index is 0.150. The van der Waals surface area contributed by atoms with Gasteiger partial charge in [-0.25, -0.2) is 0 Å². The Balaban J connectivity index is 2.00. The van der Waals surface area contributed by atoms with Gasteiger partial charge in [-0.1, -0.05) is 11.6 Å². The van der Waals surface area contributed by atoms with Crippen molar-refractivity contribution in [3.05, 3.63) is 53.1 Å². The fourth-order valence-corrected chi connectivity index (χ4v) is 2.88. The summed E-state index contributed by atoms with van der Waals surface area (Å²) in [7, 11) is 7.73. The van der Waals surface area contributed by atoms with Gasteiger partial charge in [-0.15, -0.1) is 0 Å². The molecule has 2 amide bonds. The first-order chi connectivity index (χ1) is 14.3. The lowest BCUT2D eigenvalue weighted by Gasteiger charge is -2.19. The van der Waals surface area contributed by atoms with Gasteiger partial charge in [0.15, 0.2) is 6.61 Å². The van der Waals surface area contributed by atoms with Crippen LogP contribution in [0.5, 0.6) is 5.75 Å². The Hall–Kier alpha value is -2.77. The van der Waals surface area contributed by atoms with Crippen molar-refractivity contribution in [1.82, 2.24) is 10.2 Å². The third kappa shape index (κ3) is 7.57. The molecule has 0 radical (unpaired) electrons. The zero-order valence-corrected chi connectivity index (χ0v) is 18.6. The van der Waals surface area contributed by atoms with Gasteiger partial charge in [0.05, 0.1) is 5.56 Å². The molecule has 2 aromatic rings. The number of amides is 2. The first-order valence-electron chi connectivity index (χ1n) is 9.69. The van der Waals surface area contributed by atoms with Crippen molar-refractivity contribution in [2.24, 2.45) is 0 Å². The summed E-state index contributed by atoms with van der Waals surface area (Å²) in [5.74, 6) is 0.0566. The van der Waals surface area contributed by atoms with E-state index in [1.807, 2.05) is 39.2 Å². The highest BCUT2D eigenvalue weighted by atomic mass is 35.5. The molecule has 0 heterocycles. The third-order valence-corrected chi connectivity index (χ3v) is 4.51. The van der Waals surface area contributed by atoms with Crippen molar-refractivity contribution in [2.75, 3.05) is 58.1 Å². The van der Waals surface area contributed by atoms with Crippen molar-refractivity contribution in [3.63, 3.8) is 0 Å². The van der Waals surface area contributed by atoms with Gasteiger partial charge in [0.1, 0.15) is 5.75 Å². The van der Waals surface area contributed by atoms with Crippen LogP contribution in [0.1, 0.15) is 16.8 Å². The molecule has 0 aliphatic rings. The number of nitrogens with zero attached hydrogens (tertiary/aromatic N) is 2. The first kappa shape index (κ1) is 23.5. The first-order valence-corrected chi connectivity index (χ1v) is 10.1.